The van der Waals surface area contributed by atoms with E-state index in [2.05, 4.69) is 5.32 Å². The van der Waals surface area contributed by atoms with E-state index in [1.807, 2.05) is 12.1 Å². The number of fused-ring (bicyclic) bond motifs is 2. The summed E-state index contributed by atoms with van der Waals surface area (Å²) in [7, 11) is 0. The van der Waals surface area contributed by atoms with Crippen molar-refractivity contribution in [3.8, 4) is 0 Å². The van der Waals surface area contributed by atoms with Crippen LogP contribution in [0.1, 0.15) is 44.9 Å². The first kappa shape index (κ1) is 23.3. The summed E-state index contributed by atoms with van der Waals surface area (Å²) in [5, 5.41) is 2.75. The standard InChI is InChI=1S/C26H22N2O5S/c1-3-33-26(32)18-11-12-23-21(14-18)28(25(31)20-9-4-5-10-22(20)34-23)15-24(30)27-19-8-6-7-17(13-19)16(2)29/h4-14H,3,15H2,1-2H3,(H,27,30). The molecule has 0 saturated carbocycles. The van der Waals surface area contributed by atoms with Crippen LogP contribution < -0.4 is 10.2 Å². The largest absolute Gasteiger partial charge is 0.462 e. The van der Waals surface area contributed by atoms with Gasteiger partial charge < -0.3 is 10.1 Å². The number of nitrogens with one attached hydrogen (secondary N) is 1. The quantitative estimate of drug-likeness (QED) is 0.407. The van der Waals surface area contributed by atoms with Crippen LogP contribution in [0.25, 0.3) is 0 Å². The molecule has 0 fully saturated rings. The fourth-order valence-electron chi connectivity index (χ4n) is 3.58. The number of nitrogens with zero attached hydrogens (tertiary/aromatic N) is 1. The van der Waals surface area contributed by atoms with Gasteiger partial charge in [-0.05, 0) is 56.3 Å². The number of ether oxygens (including phenoxy) is 1. The lowest BCUT2D eigenvalue weighted by Gasteiger charge is -2.23. The summed E-state index contributed by atoms with van der Waals surface area (Å²) in [5.74, 6) is -1.41. The molecule has 7 nitrogen and oxygen atoms in total. The van der Waals surface area contributed by atoms with Crippen molar-refractivity contribution in [1.82, 2.24) is 0 Å². The maximum absolute atomic E-state index is 13.5. The van der Waals surface area contributed by atoms with E-state index in [1.165, 1.54) is 23.6 Å². The van der Waals surface area contributed by atoms with Gasteiger partial charge in [-0.15, -0.1) is 0 Å². The molecule has 0 saturated heterocycles. The van der Waals surface area contributed by atoms with Gasteiger partial charge in [-0.3, -0.25) is 19.3 Å². The second-order valence-corrected chi connectivity index (χ2v) is 8.66. The molecule has 4 rings (SSSR count). The van der Waals surface area contributed by atoms with E-state index in [-0.39, 0.29) is 24.8 Å². The Hall–Kier alpha value is -3.91. The van der Waals surface area contributed by atoms with Crippen LogP contribution in [0.4, 0.5) is 11.4 Å². The molecule has 0 bridgehead atoms. The number of Topliss-reactive ketones (excluding diaryl/α,β-unsaturated/α-hetero) is 1. The number of rotatable bonds is 6. The Morgan fingerprint density at radius 2 is 1.74 bits per heavy atom. The number of hydrogen-bond donors (Lipinski definition) is 1. The molecule has 34 heavy (non-hydrogen) atoms. The van der Waals surface area contributed by atoms with Crippen LogP contribution in [0.15, 0.2) is 76.5 Å². The van der Waals surface area contributed by atoms with Crippen LogP contribution in [-0.2, 0) is 9.53 Å². The Morgan fingerprint density at radius 1 is 0.941 bits per heavy atom. The molecule has 3 aromatic carbocycles. The van der Waals surface area contributed by atoms with Crippen LogP contribution >= 0.6 is 11.8 Å². The zero-order valence-corrected chi connectivity index (χ0v) is 19.5. The van der Waals surface area contributed by atoms with Crippen LogP contribution in [0.5, 0.6) is 0 Å². The molecule has 3 aromatic rings. The fraction of sp³-hybridized carbons (Fsp3) is 0.154. The highest BCUT2D eigenvalue weighted by atomic mass is 32.2. The van der Waals surface area contributed by atoms with Crippen molar-refractivity contribution in [2.24, 2.45) is 0 Å². The van der Waals surface area contributed by atoms with Gasteiger partial charge in [0.05, 0.1) is 23.4 Å². The summed E-state index contributed by atoms with van der Waals surface area (Å²) in [5.41, 5.74) is 2.13. The Kier molecular flexibility index (Phi) is 6.79. The third kappa shape index (κ3) is 4.87. The predicted octanol–water partition coefficient (Wildman–Crippen LogP) is 4.82. The molecule has 0 aromatic heterocycles. The maximum Gasteiger partial charge on any atom is 0.338 e. The van der Waals surface area contributed by atoms with Crippen molar-refractivity contribution in [3.63, 3.8) is 0 Å². The van der Waals surface area contributed by atoms with Gasteiger partial charge in [0.15, 0.2) is 5.78 Å². The van der Waals surface area contributed by atoms with Crippen molar-refractivity contribution < 1.29 is 23.9 Å². The van der Waals surface area contributed by atoms with E-state index in [0.29, 0.717) is 28.1 Å². The third-order valence-corrected chi connectivity index (χ3v) is 6.34. The SMILES string of the molecule is CCOC(=O)c1ccc2c(c1)N(CC(=O)Nc1cccc(C(C)=O)c1)C(=O)c1ccccc1S2. The third-order valence-electron chi connectivity index (χ3n) is 5.20. The Balaban J connectivity index is 1.69. The molecule has 0 radical (unpaired) electrons. The van der Waals surface area contributed by atoms with E-state index in [4.69, 9.17) is 4.74 Å². The van der Waals surface area contributed by atoms with Crippen molar-refractivity contribution in [2.45, 2.75) is 23.6 Å². The molecule has 1 heterocycles. The fourth-order valence-corrected chi connectivity index (χ4v) is 4.64. The first-order valence-corrected chi connectivity index (χ1v) is 11.5. The van der Waals surface area contributed by atoms with Gasteiger partial charge in [-0.25, -0.2) is 4.79 Å². The van der Waals surface area contributed by atoms with E-state index < -0.39 is 11.9 Å². The van der Waals surface area contributed by atoms with Crippen LogP contribution in [0.2, 0.25) is 0 Å². The highest BCUT2D eigenvalue weighted by Gasteiger charge is 2.29. The molecule has 0 spiro atoms. The molecule has 1 N–H and O–H groups in total. The normalized spacial score (nSPS) is 12.3. The molecule has 8 heteroatoms. The highest BCUT2D eigenvalue weighted by Crippen LogP contribution is 2.41. The molecule has 0 atom stereocenters. The second kappa shape index (κ2) is 9.93. The molecule has 1 aliphatic heterocycles. The first-order valence-electron chi connectivity index (χ1n) is 10.7. The first-order chi connectivity index (χ1) is 16.4. The van der Waals surface area contributed by atoms with Crippen molar-refractivity contribution >= 4 is 46.7 Å². The van der Waals surface area contributed by atoms with E-state index in [1.54, 1.807) is 61.5 Å². The number of esters is 1. The molecule has 1 aliphatic rings. The zero-order chi connectivity index (χ0) is 24.2. The van der Waals surface area contributed by atoms with E-state index in [9.17, 15) is 19.2 Å². The lowest BCUT2D eigenvalue weighted by molar-refractivity contribution is -0.114. The number of amides is 2. The van der Waals surface area contributed by atoms with Crippen molar-refractivity contribution in [3.05, 3.63) is 83.4 Å². The summed E-state index contributed by atoms with van der Waals surface area (Å²) in [6.45, 7) is 3.11. The molecule has 2 amide bonds. The zero-order valence-electron chi connectivity index (χ0n) is 18.7. The second-order valence-electron chi connectivity index (χ2n) is 7.58. The molecule has 0 aliphatic carbocycles. The summed E-state index contributed by atoms with van der Waals surface area (Å²) in [4.78, 5) is 53.3. The summed E-state index contributed by atoms with van der Waals surface area (Å²) in [6.07, 6.45) is 0. The van der Waals surface area contributed by atoms with Crippen molar-refractivity contribution in [2.75, 3.05) is 23.4 Å². The lowest BCUT2D eigenvalue weighted by atomic mass is 10.1. The molecular weight excluding hydrogens is 452 g/mol. The van der Waals surface area contributed by atoms with Crippen LogP contribution in [-0.4, -0.2) is 36.7 Å². The van der Waals surface area contributed by atoms with E-state index >= 15 is 0 Å². The predicted molar refractivity (Wildman–Crippen MR) is 130 cm³/mol. The summed E-state index contributed by atoms with van der Waals surface area (Å²) < 4.78 is 5.11. The summed E-state index contributed by atoms with van der Waals surface area (Å²) >= 11 is 1.40. The average molecular weight is 475 g/mol. The minimum Gasteiger partial charge on any atom is -0.462 e. The Labute approximate surface area is 201 Å². The minimum absolute atomic E-state index is 0.118. The molecular formula is C26H22N2O5S. The Bertz CT molecular complexity index is 1300. The number of benzene rings is 3. The Morgan fingerprint density at radius 3 is 2.50 bits per heavy atom. The summed E-state index contributed by atoms with van der Waals surface area (Å²) in [6, 6.07) is 18.7. The minimum atomic E-state index is -0.505. The van der Waals surface area contributed by atoms with Crippen LogP contribution in [0, 0.1) is 0 Å². The van der Waals surface area contributed by atoms with Gasteiger partial charge in [-0.1, -0.05) is 36.0 Å². The monoisotopic (exact) mass is 474 g/mol. The van der Waals surface area contributed by atoms with Gasteiger partial charge in [0.2, 0.25) is 5.91 Å². The molecule has 0 unspecified atom stereocenters. The number of carbonyl (C=O) groups excluding carboxylic acids is 4. The van der Waals surface area contributed by atoms with Crippen molar-refractivity contribution in [1.29, 1.82) is 0 Å². The van der Waals surface area contributed by atoms with Gasteiger partial charge in [0, 0.05) is 21.0 Å². The topological polar surface area (TPSA) is 92.8 Å². The number of hydrogen-bond acceptors (Lipinski definition) is 6. The van der Waals surface area contributed by atoms with Gasteiger partial charge in [-0.2, -0.15) is 0 Å². The van der Waals surface area contributed by atoms with Gasteiger partial charge in [0.25, 0.3) is 5.91 Å². The smallest absolute Gasteiger partial charge is 0.338 e. The van der Waals surface area contributed by atoms with Crippen LogP contribution in [0.3, 0.4) is 0 Å². The number of carbonyl (C=O) groups is 4. The van der Waals surface area contributed by atoms with E-state index in [0.717, 1.165) is 9.79 Å². The molecule has 172 valence electrons. The maximum atomic E-state index is 13.5. The van der Waals surface area contributed by atoms with Gasteiger partial charge >= 0.3 is 5.97 Å². The number of ketones is 1. The lowest BCUT2D eigenvalue weighted by Crippen LogP contribution is -2.38. The van der Waals surface area contributed by atoms with Gasteiger partial charge in [0.1, 0.15) is 6.54 Å². The number of anilines is 2. The highest BCUT2D eigenvalue weighted by molar-refractivity contribution is 7.99. The average Bonchev–Trinajstić information content (AvgIpc) is 2.93.